The van der Waals surface area contributed by atoms with Gasteiger partial charge in [0.05, 0.1) is 11.8 Å². The van der Waals surface area contributed by atoms with Crippen molar-refractivity contribution in [2.24, 2.45) is 5.41 Å². The minimum absolute atomic E-state index is 0.0214. The van der Waals surface area contributed by atoms with Crippen LogP contribution in [0.3, 0.4) is 0 Å². The van der Waals surface area contributed by atoms with Crippen molar-refractivity contribution in [3.63, 3.8) is 0 Å². The number of aryl methyl sites for hydroxylation is 1. The molecule has 1 saturated heterocycles. The fourth-order valence-corrected chi connectivity index (χ4v) is 3.54. The van der Waals surface area contributed by atoms with E-state index in [0.717, 1.165) is 11.1 Å². The van der Waals surface area contributed by atoms with Crippen molar-refractivity contribution in [3.8, 4) is 11.5 Å². The van der Waals surface area contributed by atoms with Gasteiger partial charge in [0.1, 0.15) is 0 Å². The van der Waals surface area contributed by atoms with E-state index < -0.39 is 5.41 Å². The molecule has 0 bridgehead atoms. The number of nitrogens with zero attached hydrogens (tertiary/aromatic N) is 4. The third kappa shape index (κ3) is 4.61. The molecule has 0 radical (unpaired) electrons. The number of alkyl halides is 1. The summed E-state index contributed by atoms with van der Waals surface area (Å²) < 4.78 is 5.34. The molecule has 0 aliphatic carbocycles. The topological polar surface area (TPSA) is 79.5 Å². The zero-order valence-corrected chi connectivity index (χ0v) is 18.1. The SMILES string of the molecule is Cc1ccccc1-c1nc(CC(=O)N2CCN(C(=O)C(C)(C)CCl)[C@@H](C)C2)no1. The predicted molar refractivity (Wildman–Crippen MR) is 110 cm³/mol. The molecule has 0 unspecified atom stereocenters. The van der Waals surface area contributed by atoms with Crippen molar-refractivity contribution in [2.45, 2.75) is 40.2 Å². The highest BCUT2D eigenvalue weighted by Gasteiger charge is 2.37. The first kappa shape index (κ1) is 21.3. The van der Waals surface area contributed by atoms with Gasteiger partial charge < -0.3 is 14.3 Å². The summed E-state index contributed by atoms with van der Waals surface area (Å²) in [6.07, 6.45) is 0.0726. The van der Waals surface area contributed by atoms with Gasteiger partial charge in [-0.15, -0.1) is 11.6 Å². The Balaban J connectivity index is 1.62. The molecule has 2 heterocycles. The van der Waals surface area contributed by atoms with E-state index in [1.165, 1.54) is 0 Å². The zero-order valence-electron chi connectivity index (χ0n) is 17.3. The molecule has 0 spiro atoms. The van der Waals surface area contributed by atoms with Crippen molar-refractivity contribution in [1.29, 1.82) is 0 Å². The molecule has 2 aromatic rings. The zero-order chi connectivity index (χ0) is 21.2. The number of carbonyl (C=O) groups excluding carboxylic acids is 2. The monoisotopic (exact) mass is 418 g/mol. The second kappa shape index (κ2) is 8.53. The molecule has 1 fully saturated rings. The summed E-state index contributed by atoms with van der Waals surface area (Å²) in [5.41, 5.74) is 1.28. The van der Waals surface area contributed by atoms with Gasteiger partial charge in [0, 0.05) is 37.1 Å². The minimum Gasteiger partial charge on any atom is -0.338 e. The van der Waals surface area contributed by atoms with Gasteiger partial charge in [0.15, 0.2) is 5.82 Å². The molecule has 156 valence electrons. The Morgan fingerprint density at radius 2 is 2.00 bits per heavy atom. The highest BCUT2D eigenvalue weighted by Crippen LogP contribution is 2.24. The third-order valence-electron chi connectivity index (χ3n) is 5.31. The summed E-state index contributed by atoms with van der Waals surface area (Å²) in [7, 11) is 0. The highest BCUT2D eigenvalue weighted by molar-refractivity contribution is 6.19. The lowest BCUT2D eigenvalue weighted by atomic mass is 9.93. The summed E-state index contributed by atoms with van der Waals surface area (Å²) in [4.78, 5) is 33.4. The first-order valence-electron chi connectivity index (χ1n) is 9.76. The Kier molecular flexibility index (Phi) is 6.27. The maximum Gasteiger partial charge on any atom is 0.258 e. The summed E-state index contributed by atoms with van der Waals surface area (Å²) in [5.74, 6) is 0.991. The van der Waals surface area contributed by atoms with Crippen molar-refractivity contribution < 1.29 is 14.1 Å². The quantitative estimate of drug-likeness (QED) is 0.697. The van der Waals surface area contributed by atoms with Crippen LogP contribution in [0.5, 0.6) is 0 Å². The number of amides is 2. The van der Waals surface area contributed by atoms with E-state index in [2.05, 4.69) is 10.1 Å². The van der Waals surface area contributed by atoms with Crippen LogP contribution >= 0.6 is 11.6 Å². The fraction of sp³-hybridized carbons (Fsp3) is 0.524. The second-order valence-electron chi connectivity index (χ2n) is 8.21. The lowest BCUT2D eigenvalue weighted by Crippen LogP contribution is -2.58. The van der Waals surface area contributed by atoms with Crippen molar-refractivity contribution in [2.75, 3.05) is 25.5 Å². The largest absolute Gasteiger partial charge is 0.338 e. The molecule has 0 saturated carbocycles. The standard InChI is InChI=1S/C21H27ClN4O3/c1-14-7-5-6-8-16(14)19-23-17(24-29-19)11-18(27)25-9-10-26(15(2)12-25)20(28)21(3,4)13-22/h5-8,15H,9-13H2,1-4H3/t15-/m0/s1. The molecule has 2 amide bonds. The number of rotatable bonds is 5. The number of hydrogen-bond acceptors (Lipinski definition) is 5. The molecule has 1 aromatic heterocycles. The maximum atomic E-state index is 12.7. The van der Waals surface area contributed by atoms with Crippen LogP contribution in [0.15, 0.2) is 28.8 Å². The number of benzene rings is 1. The lowest BCUT2D eigenvalue weighted by Gasteiger charge is -2.42. The molecule has 1 aromatic carbocycles. The maximum absolute atomic E-state index is 12.7. The normalized spacial score (nSPS) is 17.5. The van der Waals surface area contributed by atoms with E-state index >= 15 is 0 Å². The Bertz CT molecular complexity index is 896. The predicted octanol–water partition coefficient (Wildman–Crippen LogP) is 2.91. The van der Waals surface area contributed by atoms with Crippen molar-refractivity contribution >= 4 is 23.4 Å². The van der Waals surface area contributed by atoms with Crippen LogP contribution in [0.1, 0.15) is 32.2 Å². The number of piperazine rings is 1. The number of hydrogen-bond donors (Lipinski definition) is 0. The van der Waals surface area contributed by atoms with Crippen LogP contribution in [-0.2, 0) is 16.0 Å². The molecule has 1 aliphatic heterocycles. The van der Waals surface area contributed by atoms with Crippen LogP contribution in [0.2, 0.25) is 0 Å². The van der Waals surface area contributed by atoms with Crippen molar-refractivity contribution in [3.05, 3.63) is 35.7 Å². The second-order valence-corrected chi connectivity index (χ2v) is 8.48. The van der Waals surface area contributed by atoms with E-state index in [1.54, 1.807) is 4.90 Å². The van der Waals surface area contributed by atoms with Gasteiger partial charge in [-0.1, -0.05) is 23.4 Å². The lowest BCUT2D eigenvalue weighted by molar-refractivity contribution is -0.147. The average molecular weight is 419 g/mol. The van der Waals surface area contributed by atoms with E-state index in [4.69, 9.17) is 16.1 Å². The molecule has 29 heavy (non-hydrogen) atoms. The van der Waals surface area contributed by atoms with Crippen LogP contribution in [0, 0.1) is 12.3 Å². The summed E-state index contributed by atoms with van der Waals surface area (Å²) in [6.45, 7) is 9.06. The van der Waals surface area contributed by atoms with Gasteiger partial charge in [-0.3, -0.25) is 9.59 Å². The van der Waals surface area contributed by atoms with Gasteiger partial charge in [0.2, 0.25) is 11.8 Å². The molecular weight excluding hydrogens is 392 g/mol. The Hall–Kier alpha value is -2.41. The number of aromatic nitrogens is 2. The van der Waals surface area contributed by atoms with Gasteiger partial charge in [-0.25, -0.2) is 0 Å². The highest BCUT2D eigenvalue weighted by atomic mass is 35.5. The van der Waals surface area contributed by atoms with Crippen LogP contribution in [0.4, 0.5) is 0 Å². The van der Waals surface area contributed by atoms with Gasteiger partial charge in [-0.2, -0.15) is 4.98 Å². The van der Waals surface area contributed by atoms with Crippen molar-refractivity contribution in [1.82, 2.24) is 19.9 Å². The average Bonchev–Trinajstić information content (AvgIpc) is 3.15. The summed E-state index contributed by atoms with van der Waals surface area (Å²) in [5, 5.41) is 3.96. The minimum atomic E-state index is -0.613. The molecule has 7 nitrogen and oxygen atoms in total. The molecule has 8 heteroatoms. The Morgan fingerprint density at radius 1 is 1.28 bits per heavy atom. The molecule has 0 N–H and O–H groups in total. The third-order valence-corrected chi connectivity index (χ3v) is 5.98. The Morgan fingerprint density at radius 3 is 2.66 bits per heavy atom. The van der Waals surface area contributed by atoms with Gasteiger partial charge in [-0.05, 0) is 39.3 Å². The van der Waals surface area contributed by atoms with E-state index in [1.807, 2.05) is 56.9 Å². The number of halogens is 1. The van der Waals surface area contributed by atoms with E-state index in [-0.39, 0.29) is 30.2 Å². The van der Waals surface area contributed by atoms with Crippen LogP contribution in [-0.4, -0.2) is 63.3 Å². The smallest absolute Gasteiger partial charge is 0.258 e. The first-order valence-corrected chi connectivity index (χ1v) is 10.3. The molecule has 3 rings (SSSR count). The first-order chi connectivity index (χ1) is 13.7. The Labute approximate surface area is 176 Å². The fourth-order valence-electron chi connectivity index (χ4n) is 3.43. The van der Waals surface area contributed by atoms with Gasteiger partial charge >= 0.3 is 0 Å². The van der Waals surface area contributed by atoms with E-state index in [0.29, 0.717) is 31.3 Å². The van der Waals surface area contributed by atoms with Crippen LogP contribution in [0.25, 0.3) is 11.5 Å². The van der Waals surface area contributed by atoms with E-state index in [9.17, 15) is 9.59 Å². The van der Waals surface area contributed by atoms with Crippen LogP contribution < -0.4 is 0 Å². The summed E-state index contributed by atoms with van der Waals surface area (Å²) in [6, 6.07) is 7.66. The molecule has 1 aliphatic rings. The molecular formula is C21H27ClN4O3. The molecule has 1 atom stereocenters. The van der Waals surface area contributed by atoms with Gasteiger partial charge in [0.25, 0.3) is 5.89 Å². The summed E-state index contributed by atoms with van der Waals surface area (Å²) >= 11 is 5.95. The number of carbonyl (C=O) groups is 2.